The fraction of sp³-hybridized carbons (Fsp3) is 0.636. The first-order chi connectivity index (χ1) is 8.63. The van der Waals surface area contributed by atoms with E-state index in [2.05, 4.69) is 10.3 Å². The van der Waals surface area contributed by atoms with Crippen LogP contribution in [0.25, 0.3) is 0 Å². The van der Waals surface area contributed by atoms with Crippen LogP contribution in [0.3, 0.4) is 0 Å². The van der Waals surface area contributed by atoms with E-state index in [1.165, 1.54) is 0 Å². The first-order valence-corrected chi connectivity index (χ1v) is 6.02. The van der Waals surface area contributed by atoms with Gasteiger partial charge in [-0.3, -0.25) is 4.79 Å². The van der Waals surface area contributed by atoms with Crippen LogP contribution in [0.15, 0.2) is 0 Å². The third-order valence-electron chi connectivity index (χ3n) is 2.78. The summed E-state index contributed by atoms with van der Waals surface area (Å²) in [7, 11) is 0. The van der Waals surface area contributed by atoms with Gasteiger partial charge >= 0.3 is 5.97 Å². The van der Waals surface area contributed by atoms with Crippen molar-refractivity contribution in [2.75, 3.05) is 6.61 Å². The fourth-order valence-electron chi connectivity index (χ4n) is 1.81. The number of ether oxygens (including phenoxy) is 1. The quantitative estimate of drug-likeness (QED) is 0.729. The summed E-state index contributed by atoms with van der Waals surface area (Å²) in [5.41, 5.74) is 6.14. The molecule has 1 fully saturated rings. The Hall–Kier alpha value is -1.92. The standard InChI is InChI=1S/C11H16N4O3/c1-2-18-11(17)9-10(7-3-4-7)15(14-13-9)6-5-8(12)16/h7H,2-6H2,1H3,(H2,12,16). The molecule has 0 aliphatic heterocycles. The lowest BCUT2D eigenvalue weighted by atomic mass is 10.2. The SMILES string of the molecule is CCOC(=O)c1nnn(CCC(N)=O)c1C1CC1. The summed E-state index contributed by atoms with van der Waals surface area (Å²) < 4.78 is 6.53. The van der Waals surface area contributed by atoms with Crippen LogP contribution in [0.2, 0.25) is 0 Å². The van der Waals surface area contributed by atoms with Crippen molar-refractivity contribution in [3.05, 3.63) is 11.4 Å². The smallest absolute Gasteiger partial charge is 0.360 e. The number of aryl methyl sites for hydroxylation is 1. The zero-order chi connectivity index (χ0) is 13.1. The first kappa shape index (κ1) is 12.5. The van der Waals surface area contributed by atoms with Crippen LogP contribution in [-0.4, -0.2) is 33.5 Å². The molecule has 0 radical (unpaired) electrons. The number of carbonyl (C=O) groups excluding carboxylic acids is 2. The van der Waals surface area contributed by atoms with Crippen LogP contribution in [0.1, 0.15) is 48.3 Å². The van der Waals surface area contributed by atoms with Gasteiger partial charge in [-0.1, -0.05) is 5.21 Å². The Balaban J connectivity index is 2.20. The van der Waals surface area contributed by atoms with Crippen molar-refractivity contribution < 1.29 is 14.3 Å². The van der Waals surface area contributed by atoms with E-state index in [1.54, 1.807) is 11.6 Å². The monoisotopic (exact) mass is 252 g/mol. The normalized spacial score (nSPS) is 14.5. The Labute approximate surface area is 104 Å². The second-order valence-corrected chi connectivity index (χ2v) is 4.26. The van der Waals surface area contributed by atoms with Crippen molar-refractivity contribution in [3.63, 3.8) is 0 Å². The molecule has 0 saturated heterocycles. The summed E-state index contributed by atoms with van der Waals surface area (Å²) in [5, 5.41) is 7.77. The summed E-state index contributed by atoms with van der Waals surface area (Å²) in [5.74, 6) is -0.554. The Bertz CT molecular complexity index is 465. The van der Waals surface area contributed by atoms with E-state index in [4.69, 9.17) is 10.5 Å². The molecule has 18 heavy (non-hydrogen) atoms. The summed E-state index contributed by atoms with van der Waals surface area (Å²) >= 11 is 0. The van der Waals surface area contributed by atoms with E-state index in [9.17, 15) is 9.59 Å². The number of nitrogens with two attached hydrogens (primary N) is 1. The van der Waals surface area contributed by atoms with Crippen molar-refractivity contribution in [2.24, 2.45) is 5.73 Å². The van der Waals surface area contributed by atoms with Gasteiger partial charge in [-0.2, -0.15) is 0 Å². The van der Waals surface area contributed by atoms with E-state index >= 15 is 0 Å². The van der Waals surface area contributed by atoms with Crippen LogP contribution >= 0.6 is 0 Å². The Morgan fingerprint density at radius 2 is 2.22 bits per heavy atom. The molecule has 1 aliphatic carbocycles. The van der Waals surface area contributed by atoms with Crippen molar-refractivity contribution in [1.29, 1.82) is 0 Å². The van der Waals surface area contributed by atoms with Crippen molar-refractivity contribution in [2.45, 2.75) is 38.6 Å². The second-order valence-electron chi connectivity index (χ2n) is 4.26. The Morgan fingerprint density at radius 1 is 1.50 bits per heavy atom. The van der Waals surface area contributed by atoms with Crippen molar-refractivity contribution in [3.8, 4) is 0 Å². The molecule has 7 heteroatoms. The number of aromatic nitrogens is 3. The van der Waals surface area contributed by atoms with Gasteiger partial charge in [-0.05, 0) is 19.8 Å². The van der Waals surface area contributed by atoms with Crippen LogP contribution in [0.4, 0.5) is 0 Å². The molecule has 1 aromatic heterocycles. The third kappa shape index (κ3) is 2.66. The fourth-order valence-corrected chi connectivity index (χ4v) is 1.81. The molecule has 0 atom stereocenters. The van der Waals surface area contributed by atoms with Crippen LogP contribution in [0.5, 0.6) is 0 Å². The number of hydrogen-bond acceptors (Lipinski definition) is 5. The summed E-state index contributed by atoms with van der Waals surface area (Å²) in [6.45, 7) is 2.40. The van der Waals surface area contributed by atoms with Gasteiger partial charge in [0.15, 0.2) is 5.69 Å². The maximum absolute atomic E-state index is 11.7. The molecule has 1 aliphatic rings. The molecule has 0 unspecified atom stereocenters. The number of nitrogens with zero attached hydrogens (tertiary/aromatic N) is 3. The highest BCUT2D eigenvalue weighted by Crippen LogP contribution is 2.41. The Kier molecular flexibility index (Phi) is 3.59. The van der Waals surface area contributed by atoms with E-state index in [0.29, 0.717) is 19.1 Å². The molecule has 0 bridgehead atoms. The van der Waals surface area contributed by atoms with E-state index in [0.717, 1.165) is 18.5 Å². The third-order valence-corrected chi connectivity index (χ3v) is 2.78. The average Bonchev–Trinajstić information content (AvgIpc) is 3.06. The summed E-state index contributed by atoms with van der Waals surface area (Å²) in [6, 6.07) is 0. The molecule has 2 N–H and O–H groups in total. The molecule has 7 nitrogen and oxygen atoms in total. The van der Waals surface area contributed by atoms with Gasteiger partial charge in [0.05, 0.1) is 18.8 Å². The number of hydrogen-bond donors (Lipinski definition) is 1. The van der Waals surface area contributed by atoms with E-state index in [-0.39, 0.29) is 12.1 Å². The molecule has 0 spiro atoms. The molecule has 1 heterocycles. The first-order valence-electron chi connectivity index (χ1n) is 6.02. The van der Waals surface area contributed by atoms with Gasteiger partial charge in [0.25, 0.3) is 0 Å². The number of rotatable bonds is 6. The molecule has 1 amide bonds. The lowest BCUT2D eigenvalue weighted by molar-refractivity contribution is -0.118. The van der Waals surface area contributed by atoms with Gasteiger partial charge < -0.3 is 10.5 Å². The summed E-state index contributed by atoms with van der Waals surface area (Å²) in [6.07, 6.45) is 2.21. The van der Waals surface area contributed by atoms with Crippen LogP contribution in [0, 0.1) is 0 Å². The zero-order valence-electron chi connectivity index (χ0n) is 10.3. The molecular weight excluding hydrogens is 236 g/mol. The van der Waals surface area contributed by atoms with Gasteiger partial charge in [0.1, 0.15) is 0 Å². The number of primary amides is 1. The highest BCUT2D eigenvalue weighted by atomic mass is 16.5. The minimum atomic E-state index is -0.454. The maximum atomic E-state index is 11.7. The minimum absolute atomic E-state index is 0.186. The summed E-state index contributed by atoms with van der Waals surface area (Å²) in [4.78, 5) is 22.5. The largest absolute Gasteiger partial charge is 0.461 e. The molecule has 98 valence electrons. The molecule has 1 saturated carbocycles. The van der Waals surface area contributed by atoms with E-state index < -0.39 is 11.9 Å². The van der Waals surface area contributed by atoms with Gasteiger partial charge in [0.2, 0.25) is 5.91 Å². The zero-order valence-corrected chi connectivity index (χ0v) is 10.3. The number of amides is 1. The lowest BCUT2D eigenvalue weighted by Gasteiger charge is -2.05. The van der Waals surface area contributed by atoms with Crippen molar-refractivity contribution in [1.82, 2.24) is 15.0 Å². The predicted molar refractivity (Wildman–Crippen MR) is 61.8 cm³/mol. The highest BCUT2D eigenvalue weighted by molar-refractivity contribution is 5.88. The predicted octanol–water partition coefficient (Wildman–Crippen LogP) is 0.208. The molecular formula is C11H16N4O3. The van der Waals surface area contributed by atoms with Crippen molar-refractivity contribution >= 4 is 11.9 Å². The average molecular weight is 252 g/mol. The van der Waals surface area contributed by atoms with Gasteiger partial charge in [-0.25, -0.2) is 9.48 Å². The number of carbonyl (C=O) groups is 2. The van der Waals surface area contributed by atoms with Gasteiger partial charge in [0, 0.05) is 12.3 Å². The lowest BCUT2D eigenvalue weighted by Crippen LogP contribution is -2.16. The maximum Gasteiger partial charge on any atom is 0.360 e. The van der Waals surface area contributed by atoms with Crippen LogP contribution in [-0.2, 0) is 16.1 Å². The highest BCUT2D eigenvalue weighted by Gasteiger charge is 2.34. The topological polar surface area (TPSA) is 100 Å². The molecule has 0 aromatic carbocycles. The van der Waals surface area contributed by atoms with Gasteiger partial charge in [-0.15, -0.1) is 5.10 Å². The minimum Gasteiger partial charge on any atom is -0.461 e. The Morgan fingerprint density at radius 3 is 2.78 bits per heavy atom. The van der Waals surface area contributed by atoms with Crippen LogP contribution < -0.4 is 5.73 Å². The number of esters is 1. The molecule has 1 aromatic rings. The molecule has 2 rings (SSSR count). The van der Waals surface area contributed by atoms with E-state index in [1.807, 2.05) is 0 Å². The second kappa shape index (κ2) is 5.16.